The predicted octanol–water partition coefficient (Wildman–Crippen LogP) is 0.0307. The van der Waals surface area contributed by atoms with Gasteiger partial charge in [-0.15, -0.1) is 0 Å². The van der Waals surface area contributed by atoms with Crippen LogP contribution in [0.2, 0.25) is 0 Å². The van der Waals surface area contributed by atoms with Gasteiger partial charge in [-0.05, 0) is 6.92 Å². The number of rotatable bonds is 5. The Kier molecular flexibility index (Phi) is 4.06. The molecule has 0 aliphatic heterocycles. The largest absolute Gasteiger partial charge is 0.465 e. The number of esters is 1. The maximum Gasteiger partial charge on any atom is 0.319 e. The number of carbonyl (C=O) groups excluding carboxylic acids is 1. The van der Waals surface area contributed by atoms with Crippen LogP contribution in [0.5, 0.6) is 0 Å². The molecular formula is C8H13N3O3. The third-order valence-corrected chi connectivity index (χ3v) is 1.43. The Balaban J connectivity index is 2.18. The van der Waals surface area contributed by atoms with E-state index in [1.54, 1.807) is 13.8 Å². The standard InChI is InChI=1S/C8H13N3O3/c1-3-13-8(12)5-9-4-7-10-6(2)14-11-7/h9H,3-5H2,1-2H3. The van der Waals surface area contributed by atoms with Crippen molar-refractivity contribution in [3.8, 4) is 0 Å². The van der Waals surface area contributed by atoms with Crippen LogP contribution in [0.25, 0.3) is 0 Å². The summed E-state index contributed by atoms with van der Waals surface area (Å²) in [5, 5.41) is 6.50. The Bertz CT molecular complexity index is 298. The van der Waals surface area contributed by atoms with E-state index in [1.165, 1.54) is 0 Å². The zero-order chi connectivity index (χ0) is 10.4. The highest BCUT2D eigenvalue weighted by Crippen LogP contribution is 1.93. The first kappa shape index (κ1) is 10.6. The van der Waals surface area contributed by atoms with Crippen molar-refractivity contribution in [3.05, 3.63) is 11.7 Å². The number of nitrogens with one attached hydrogen (secondary N) is 1. The molecule has 0 radical (unpaired) electrons. The number of nitrogens with zero attached hydrogens (tertiary/aromatic N) is 2. The normalized spacial score (nSPS) is 10.1. The number of aromatic nitrogens is 2. The van der Waals surface area contributed by atoms with Crippen LogP contribution in [-0.4, -0.2) is 29.3 Å². The molecule has 1 aromatic heterocycles. The van der Waals surface area contributed by atoms with Crippen LogP contribution in [0.4, 0.5) is 0 Å². The van der Waals surface area contributed by atoms with E-state index in [9.17, 15) is 4.79 Å². The molecule has 0 fully saturated rings. The zero-order valence-corrected chi connectivity index (χ0v) is 8.24. The summed E-state index contributed by atoms with van der Waals surface area (Å²) >= 11 is 0. The molecule has 0 saturated heterocycles. The highest BCUT2D eigenvalue weighted by Gasteiger charge is 2.04. The molecule has 6 heteroatoms. The summed E-state index contributed by atoms with van der Waals surface area (Å²) in [4.78, 5) is 14.9. The molecule has 0 atom stereocenters. The minimum atomic E-state index is -0.285. The van der Waals surface area contributed by atoms with E-state index in [2.05, 4.69) is 15.5 Å². The third-order valence-electron chi connectivity index (χ3n) is 1.43. The van der Waals surface area contributed by atoms with Gasteiger partial charge in [-0.3, -0.25) is 10.1 Å². The lowest BCUT2D eigenvalue weighted by Crippen LogP contribution is -2.24. The van der Waals surface area contributed by atoms with E-state index in [4.69, 9.17) is 9.26 Å². The first-order valence-corrected chi connectivity index (χ1v) is 4.38. The molecule has 0 aromatic carbocycles. The summed E-state index contributed by atoms with van der Waals surface area (Å²) in [6.07, 6.45) is 0. The van der Waals surface area contributed by atoms with E-state index in [-0.39, 0.29) is 12.5 Å². The first-order valence-electron chi connectivity index (χ1n) is 4.38. The lowest BCUT2D eigenvalue weighted by atomic mass is 10.5. The van der Waals surface area contributed by atoms with Crippen LogP contribution in [0.3, 0.4) is 0 Å². The van der Waals surface area contributed by atoms with Crippen LogP contribution in [0, 0.1) is 6.92 Å². The Morgan fingerprint density at radius 3 is 3.00 bits per heavy atom. The highest BCUT2D eigenvalue weighted by molar-refractivity contribution is 5.71. The van der Waals surface area contributed by atoms with Gasteiger partial charge in [0.1, 0.15) is 0 Å². The third kappa shape index (κ3) is 3.53. The Labute approximate surface area is 81.6 Å². The van der Waals surface area contributed by atoms with E-state index >= 15 is 0 Å². The molecule has 14 heavy (non-hydrogen) atoms. The maximum absolute atomic E-state index is 10.9. The number of aryl methyl sites for hydroxylation is 1. The van der Waals surface area contributed by atoms with Gasteiger partial charge in [-0.25, -0.2) is 0 Å². The number of hydrogen-bond acceptors (Lipinski definition) is 6. The van der Waals surface area contributed by atoms with Crippen molar-refractivity contribution in [2.45, 2.75) is 20.4 Å². The summed E-state index contributed by atoms with van der Waals surface area (Å²) in [7, 11) is 0. The minimum Gasteiger partial charge on any atom is -0.465 e. The number of hydrogen-bond donors (Lipinski definition) is 1. The quantitative estimate of drug-likeness (QED) is 0.674. The second kappa shape index (κ2) is 5.33. The zero-order valence-electron chi connectivity index (χ0n) is 8.24. The Hall–Kier alpha value is -1.43. The summed E-state index contributed by atoms with van der Waals surface area (Å²) in [5.74, 6) is 0.762. The molecule has 0 aliphatic rings. The predicted molar refractivity (Wildman–Crippen MR) is 47.4 cm³/mol. The molecule has 1 N–H and O–H groups in total. The maximum atomic E-state index is 10.9. The molecule has 78 valence electrons. The van der Waals surface area contributed by atoms with Crippen molar-refractivity contribution in [1.29, 1.82) is 0 Å². The molecule has 1 aromatic rings. The summed E-state index contributed by atoms with van der Waals surface area (Å²) in [6, 6.07) is 0. The first-order chi connectivity index (χ1) is 6.72. The van der Waals surface area contributed by atoms with Crippen molar-refractivity contribution in [2.24, 2.45) is 0 Å². The molecule has 0 amide bonds. The van der Waals surface area contributed by atoms with E-state index in [0.29, 0.717) is 24.9 Å². The number of ether oxygens (including phenoxy) is 1. The molecule has 0 spiro atoms. The Morgan fingerprint density at radius 1 is 1.64 bits per heavy atom. The van der Waals surface area contributed by atoms with Gasteiger partial charge in [0.2, 0.25) is 5.89 Å². The fourth-order valence-corrected chi connectivity index (χ4v) is 0.901. The topological polar surface area (TPSA) is 77.2 Å². The second-order valence-electron chi connectivity index (χ2n) is 2.64. The van der Waals surface area contributed by atoms with E-state index in [0.717, 1.165) is 0 Å². The average Bonchev–Trinajstić information content (AvgIpc) is 2.52. The van der Waals surface area contributed by atoms with E-state index < -0.39 is 0 Å². The van der Waals surface area contributed by atoms with Crippen molar-refractivity contribution in [2.75, 3.05) is 13.2 Å². The fourth-order valence-electron chi connectivity index (χ4n) is 0.901. The molecule has 1 heterocycles. The van der Waals surface area contributed by atoms with Crippen LogP contribution < -0.4 is 5.32 Å². The van der Waals surface area contributed by atoms with Gasteiger partial charge < -0.3 is 9.26 Å². The van der Waals surface area contributed by atoms with E-state index in [1.807, 2.05) is 0 Å². The van der Waals surface area contributed by atoms with Gasteiger partial charge in [-0.2, -0.15) is 4.98 Å². The molecular weight excluding hydrogens is 186 g/mol. The number of carbonyl (C=O) groups is 1. The second-order valence-corrected chi connectivity index (χ2v) is 2.64. The van der Waals surface area contributed by atoms with Gasteiger partial charge in [0, 0.05) is 6.92 Å². The van der Waals surface area contributed by atoms with Crippen molar-refractivity contribution < 1.29 is 14.1 Å². The Morgan fingerprint density at radius 2 is 2.43 bits per heavy atom. The molecule has 0 saturated carbocycles. The van der Waals surface area contributed by atoms with Crippen LogP contribution in [0.15, 0.2) is 4.52 Å². The SMILES string of the molecule is CCOC(=O)CNCc1noc(C)n1. The molecule has 0 bridgehead atoms. The summed E-state index contributed by atoms with van der Waals surface area (Å²) in [6.45, 7) is 4.42. The minimum absolute atomic E-state index is 0.154. The lowest BCUT2D eigenvalue weighted by molar-refractivity contribution is -0.142. The smallest absolute Gasteiger partial charge is 0.319 e. The van der Waals surface area contributed by atoms with Gasteiger partial charge >= 0.3 is 5.97 Å². The van der Waals surface area contributed by atoms with Gasteiger partial charge in [0.25, 0.3) is 0 Å². The van der Waals surface area contributed by atoms with Crippen molar-refractivity contribution in [3.63, 3.8) is 0 Å². The van der Waals surface area contributed by atoms with Gasteiger partial charge in [-0.1, -0.05) is 5.16 Å². The summed E-state index contributed by atoms with van der Waals surface area (Å²) < 4.78 is 9.47. The van der Waals surface area contributed by atoms with Crippen LogP contribution in [-0.2, 0) is 16.1 Å². The fraction of sp³-hybridized carbons (Fsp3) is 0.625. The molecule has 1 rings (SSSR count). The molecule has 0 aliphatic carbocycles. The molecule has 6 nitrogen and oxygen atoms in total. The average molecular weight is 199 g/mol. The van der Waals surface area contributed by atoms with Crippen molar-refractivity contribution >= 4 is 5.97 Å². The summed E-state index contributed by atoms with van der Waals surface area (Å²) in [5.41, 5.74) is 0. The lowest BCUT2D eigenvalue weighted by Gasteiger charge is -2.01. The van der Waals surface area contributed by atoms with Crippen LogP contribution >= 0.6 is 0 Å². The van der Waals surface area contributed by atoms with Crippen molar-refractivity contribution in [1.82, 2.24) is 15.5 Å². The highest BCUT2D eigenvalue weighted by atomic mass is 16.5. The van der Waals surface area contributed by atoms with Crippen LogP contribution in [0.1, 0.15) is 18.6 Å². The van der Waals surface area contributed by atoms with Gasteiger partial charge in [0.15, 0.2) is 5.82 Å². The molecule has 0 unspecified atom stereocenters. The van der Waals surface area contributed by atoms with Gasteiger partial charge in [0.05, 0.1) is 19.7 Å². The monoisotopic (exact) mass is 199 g/mol.